The number of unbranched alkanes of at least 4 members (excludes halogenated alkanes) is 14. The molecule has 7 heteroatoms. The molecule has 0 aliphatic rings. The molecule has 0 saturated heterocycles. The third-order valence-electron chi connectivity index (χ3n) is 6.92. The molecule has 0 aromatic carbocycles. The van der Waals surface area contributed by atoms with E-state index in [1.165, 1.54) is 89.9 Å². The molecule has 0 aromatic rings. The molecule has 39 heavy (non-hydrogen) atoms. The third kappa shape index (κ3) is 22.0. The Bertz CT molecular complexity index is 539. The zero-order valence-corrected chi connectivity index (χ0v) is 26.4. The summed E-state index contributed by atoms with van der Waals surface area (Å²) in [6, 6.07) is 0. The van der Waals surface area contributed by atoms with Crippen molar-refractivity contribution in [2.45, 2.75) is 129 Å². The van der Waals surface area contributed by atoms with E-state index in [-0.39, 0.29) is 13.6 Å². The number of hydrogen-bond acceptors (Lipinski definition) is 7. The quantitative estimate of drug-likeness (QED) is 0.0495. The average molecular weight is 559 g/mol. The lowest BCUT2D eigenvalue weighted by atomic mass is 10.1. The molecule has 0 fully saturated rings. The van der Waals surface area contributed by atoms with Crippen LogP contribution in [-0.2, 0) is 33.2 Å². The van der Waals surface area contributed by atoms with Crippen LogP contribution in [0.25, 0.3) is 0 Å². The number of hydrogen-bond donors (Lipinski definition) is 0. The van der Waals surface area contributed by atoms with Gasteiger partial charge in [-0.25, -0.2) is 0 Å². The Labute approximate surface area is 240 Å². The highest BCUT2D eigenvalue weighted by molar-refractivity contribution is 5.02. The maximum Gasteiger partial charge on any atom is 0.159 e. The molecule has 0 amide bonds. The molecule has 0 aromatic heterocycles. The Morgan fingerprint density at radius 3 is 0.974 bits per heavy atom. The fourth-order valence-corrected chi connectivity index (χ4v) is 4.48. The predicted octanol–water partition coefficient (Wildman–Crippen LogP) is 9.02. The third-order valence-corrected chi connectivity index (χ3v) is 6.92. The lowest BCUT2D eigenvalue weighted by Crippen LogP contribution is -2.12. The van der Waals surface area contributed by atoms with Gasteiger partial charge in [0.15, 0.2) is 11.5 Å². The first-order valence-corrected chi connectivity index (χ1v) is 15.5. The van der Waals surface area contributed by atoms with Gasteiger partial charge < -0.3 is 33.2 Å². The fourth-order valence-electron chi connectivity index (χ4n) is 4.48. The highest BCUT2D eigenvalue weighted by Crippen LogP contribution is 2.18. The fraction of sp³-hybridized carbons (Fsp3) is 0.875. The second-order valence-corrected chi connectivity index (χ2v) is 10.1. The van der Waals surface area contributed by atoms with Crippen LogP contribution in [0.3, 0.4) is 0 Å². The van der Waals surface area contributed by atoms with E-state index in [4.69, 9.17) is 33.2 Å². The summed E-state index contributed by atoms with van der Waals surface area (Å²) in [4.78, 5) is 0. The molecule has 232 valence electrons. The molecule has 7 nitrogen and oxygen atoms in total. The summed E-state index contributed by atoms with van der Waals surface area (Å²) in [5, 5.41) is 0. The second kappa shape index (κ2) is 29.5. The molecule has 0 N–H and O–H groups in total. The van der Waals surface area contributed by atoms with Gasteiger partial charge in [0.1, 0.15) is 38.3 Å². The summed E-state index contributed by atoms with van der Waals surface area (Å²) in [7, 11) is 6.67. The van der Waals surface area contributed by atoms with Crippen LogP contribution < -0.4 is 0 Å². The van der Waals surface area contributed by atoms with Crippen LogP contribution in [0, 0.1) is 0 Å². The van der Waals surface area contributed by atoms with Gasteiger partial charge in [-0.05, 0) is 12.8 Å². The van der Waals surface area contributed by atoms with Gasteiger partial charge in [-0.15, -0.1) is 0 Å². The summed E-state index contributed by atoms with van der Waals surface area (Å²) in [6.07, 6.45) is 22.2. The SMILES string of the molecule is CCCCCCCCCCC(OC)=C(COCOCOCC(OC)=C(CCCCCCCCCC)OC)OC. The van der Waals surface area contributed by atoms with E-state index >= 15 is 0 Å². The number of allylic oxidation sites excluding steroid dienone is 2. The molecule has 0 bridgehead atoms. The van der Waals surface area contributed by atoms with Crippen LogP contribution in [0.15, 0.2) is 23.0 Å². The maximum atomic E-state index is 5.63. The van der Waals surface area contributed by atoms with Crippen LogP contribution in [0.1, 0.15) is 129 Å². The van der Waals surface area contributed by atoms with E-state index in [0.717, 1.165) is 37.2 Å². The summed E-state index contributed by atoms with van der Waals surface area (Å²) in [6.45, 7) is 5.30. The molecule has 0 heterocycles. The highest BCUT2D eigenvalue weighted by atomic mass is 16.7. The van der Waals surface area contributed by atoms with Crippen LogP contribution in [0.2, 0.25) is 0 Å². The van der Waals surface area contributed by atoms with Crippen molar-refractivity contribution in [1.29, 1.82) is 0 Å². The second-order valence-electron chi connectivity index (χ2n) is 10.1. The Morgan fingerprint density at radius 1 is 0.359 bits per heavy atom. The molecule has 0 unspecified atom stereocenters. The molecule has 0 aliphatic carbocycles. The van der Waals surface area contributed by atoms with Crippen LogP contribution in [0.4, 0.5) is 0 Å². The van der Waals surface area contributed by atoms with Crippen LogP contribution in [-0.4, -0.2) is 55.2 Å². The minimum atomic E-state index is 0.100. The predicted molar refractivity (Wildman–Crippen MR) is 159 cm³/mol. The van der Waals surface area contributed by atoms with Gasteiger partial charge in [0.05, 0.1) is 28.4 Å². The Hall–Kier alpha value is -1.44. The Balaban J connectivity index is 4.14. The van der Waals surface area contributed by atoms with Gasteiger partial charge in [-0.3, -0.25) is 0 Å². The van der Waals surface area contributed by atoms with Crippen molar-refractivity contribution < 1.29 is 33.2 Å². The zero-order chi connectivity index (χ0) is 28.8. The standard InChI is InChI=1S/C32H62O7/c1-7-9-11-13-15-17-19-21-23-29(33-3)31(35-5)25-37-27-39-28-38-26-32(36-6)30(34-4)24-22-20-18-16-14-12-10-8-2/h7-28H2,1-6H3. The topological polar surface area (TPSA) is 64.6 Å². The molecule has 0 spiro atoms. The summed E-state index contributed by atoms with van der Waals surface area (Å²) < 4.78 is 38.9. The maximum absolute atomic E-state index is 5.63. The van der Waals surface area contributed by atoms with Gasteiger partial charge >= 0.3 is 0 Å². The first kappa shape index (κ1) is 37.6. The van der Waals surface area contributed by atoms with Gasteiger partial charge in [0.2, 0.25) is 0 Å². The van der Waals surface area contributed by atoms with Crippen molar-refractivity contribution in [3.63, 3.8) is 0 Å². The first-order chi connectivity index (χ1) is 19.2. The largest absolute Gasteiger partial charge is 0.498 e. The van der Waals surface area contributed by atoms with Gasteiger partial charge in [-0.1, -0.05) is 104 Å². The monoisotopic (exact) mass is 558 g/mol. The molecule has 0 aliphatic heterocycles. The molecule has 0 rings (SSSR count). The van der Waals surface area contributed by atoms with Crippen molar-refractivity contribution in [1.82, 2.24) is 0 Å². The van der Waals surface area contributed by atoms with E-state index in [0.29, 0.717) is 24.7 Å². The molecule has 0 atom stereocenters. The normalized spacial score (nSPS) is 12.7. The van der Waals surface area contributed by atoms with Gasteiger partial charge in [0, 0.05) is 12.8 Å². The molecule has 0 saturated carbocycles. The molecular weight excluding hydrogens is 496 g/mol. The van der Waals surface area contributed by atoms with E-state index in [1.54, 1.807) is 28.4 Å². The lowest BCUT2D eigenvalue weighted by Gasteiger charge is -2.15. The zero-order valence-electron chi connectivity index (χ0n) is 26.4. The average Bonchev–Trinajstić information content (AvgIpc) is 2.96. The summed E-state index contributed by atoms with van der Waals surface area (Å²) >= 11 is 0. The highest BCUT2D eigenvalue weighted by Gasteiger charge is 2.10. The smallest absolute Gasteiger partial charge is 0.159 e. The van der Waals surface area contributed by atoms with Gasteiger partial charge in [-0.2, -0.15) is 0 Å². The summed E-state index contributed by atoms with van der Waals surface area (Å²) in [5.41, 5.74) is 0. The van der Waals surface area contributed by atoms with E-state index in [9.17, 15) is 0 Å². The van der Waals surface area contributed by atoms with Crippen molar-refractivity contribution in [2.75, 3.05) is 55.2 Å². The lowest BCUT2D eigenvalue weighted by molar-refractivity contribution is -0.130. The molecular formula is C32H62O7. The Kier molecular flexibility index (Phi) is 28.4. The van der Waals surface area contributed by atoms with Crippen molar-refractivity contribution >= 4 is 0 Å². The van der Waals surface area contributed by atoms with E-state index in [2.05, 4.69) is 13.8 Å². The van der Waals surface area contributed by atoms with Gasteiger partial charge in [0.25, 0.3) is 0 Å². The minimum Gasteiger partial charge on any atom is -0.498 e. The molecule has 0 radical (unpaired) electrons. The van der Waals surface area contributed by atoms with E-state index < -0.39 is 0 Å². The van der Waals surface area contributed by atoms with Crippen LogP contribution in [0.5, 0.6) is 0 Å². The number of ether oxygens (including phenoxy) is 7. The number of methoxy groups -OCH3 is 4. The van der Waals surface area contributed by atoms with Crippen molar-refractivity contribution in [3.8, 4) is 0 Å². The van der Waals surface area contributed by atoms with Crippen molar-refractivity contribution in [2.24, 2.45) is 0 Å². The summed E-state index contributed by atoms with van der Waals surface area (Å²) in [5.74, 6) is 3.11. The Morgan fingerprint density at radius 2 is 0.667 bits per heavy atom. The number of rotatable bonds is 30. The minimum absolute atomic E-state index is 0.100. The van der Waals surface area contributed by atoms with Crippen molar-refractivity contribution in [3.05, 3.63) is 23.0 Å². The van der Waals surface area contributed by atoms with Crippen LogP contribution >= 0.6 is 0 Å². The van der Waals surface area contributed by atoms with E-state index in [1.807, 2.05) is 0 Å². The first-order valence-electron chi connectivity index (χ1n) is 15.5.